The van der Waals surface area contributed by atoms with Crippen molar-refractivity contribution in [1.29, 1.82) is 10.5 Å². The summed E-state index contributed by atoms with van der Waals surface area (Å²) in [6, 6.07) is 18.9. The fraction of sp³-hybridized carbons (Fsp3) is 0.176. The van der Waals surface area contributed by atoms with E-state index in [1.165, 1.54) is 0 Å². The molecule has 0 aromatic heterocycles. The van der Waals surface area contributed by atoms with E-state index < -0.39 is 0 Å². The van der Waals surface area contributed by atoms with Crippen molar-refractivity contribution in [2.24, 2.45) is 0 Å². The molecular formula is C17H15N3O. The number of benzene rings is 2. The summed E-state index contributed by atoms with van der Waals surface area (Å²) in [5.74, 6) is 0.840. The van der Waals surface area contributed by atoms with Crippen molar-refractivity contribution in [3.8, 4) is 17.9 Å². The van der Waals surface area contributed by atoms with Crippen molar-refractivity contribution < 1.29 is 4.74 Å². The van der Waals surface area contributed by atoms with Crippen LogP contribution in [0.15, 0.2) is 48.5 Å². The molecule has 4 heteroatoms. The molecule has 0 saturated heterocycles. The normalized spacial score (nSPS) is 9.43. The quantitative estimate of drug-likeness (QED) is 0.822. The van der Waals surface area contributed by atoms with Crippen molar-refractivity contribution in [1.82, 2.24) is 0 Å². The largest absolute Gasteiger partial charge is 0.494 e. The van der Waals surface area contributed by atoms with Crippen LogP contribution in [0.5, 0.6) is 5.75 Å². The molecule has 21 heavy (non-hydrogen) atoms. The van der Waals surface area contributed by atoms with E-state index in [9.17, 15) is 0 Å². The fourth-order valence-electron chi connectivity index (χ4n) is 1.92. The highest BCUT2D eigenvalue weighted by Gasteiger charge is 2.06. The van der Waals surface area contributed by atoms with Gasteiger partial charge in [0.1, 0.15) is 17.9 Å². The molecule has 0 amide bonds. The standard InChI is InChI=1S/C17H15N3O/c18-12-14-6-4-7-15(13-19)17(14)20-10-5-11-21-16-8-2-1-3-9-16/h1-4,6-9,20H,5,10-11H2. The fourth-order valence-corrected chi connectivity index (χ4v) is 1.92. The summed E-state index contributed by atoms with van der Waals surface area (Å²) in [6.07, 6.45) is 0.777. The number of anilines is 1. The summed E-state index contributed by atoms with van der Waals surface area (Å²) in [6.45, 7) is 1.22. The number of hydrogen-bond donors (Lipinski definition) is 1. The van der Waals surface area contributed by atoms with Crippen LogP contribution in [0.1, 0.15) is 17.5 Å². The lowest BCUT2D eigenvalue weighted by molar-refractivity contribution is 0.315. The molecule has 0 heterocycles. The lowest BCUT2D eigenvalue weighted by atomic mass is 10.1. The van der Waals surface area contributed by atoms with E-state index in [0.717, 1.165) is 12.2 Å². The number of nitriles is 2. The van der Waals surface area contributed by atoms with Crippen molar-refractivity contribution in [2.75, 3.05) is 18.5 Å². The Morgan fingerprint density at radius 2 is 1.57 bits per heavy atom. The highest BCUT2D eigenvalue weighted by Crippen LogP contribution is 2.19. The number of ether oxygens (including phenoxy) is 1. The molecule has 0 fully saturated rings. The second kappa shape index (κ2) is 7.57. The number of hydrogen-bond acceptors (Lipinski definition) is 4. The number of nitrogens with zero attached hydrogens (tertiary/aromatic N) is 2. The van der Waals surface area contributed by atoms with Gasteiger partial charge in [-0.15, -0.1) is 0 Å². The van der Waals surface area contributed by atoms with Gasteiger partial charge < -0.3 is 10.1 Å². The Balaban J connectivity index is 1.84. The smallest absolute Gasteiger partial charge is 0.119 e. The third-order valence-corrected chi connectivity index (χ3v) is 2.94. The van der Waals surface area contributed by atoms with Crippen molar-refractivity contribution in [2.45, 2.75) is 6.42 Å². The Bertz CT molecular complexity index is 636. The second-order valence-corrected chi connectivity index (χ2v) is 4.39. The molecule has 2 aromatic carbocycles. The maximum absolute atomic E-state index is 9.07. The van der Waals surface area contributed by atoms with Gasteiger partial charge in [0.25, 0.3) is 0 Å². The maximum atomic E-state index is 9.07. The monoisotopic (exact) mass is 277 g/mol. The van der Waals surface area contributed by atoms with E-state index in [2.05, 4.69) is 17.5 Å². The van der Waals surface area contributed by atoms with Crippen LogP contribution in [-0.2, 0) is 0 Å². The lowest BCUT2D eigenvalue weighted by Crippen LogP contribution is -2.09. The van der Waals surface area contributed by atoms with Crippen molar-refractivity contribution in [3.63, 3.8) is 0 Å². The molecule has 0 saturated carbocycles. The third kappa shape index (κ3) is 3.99. The van der Waals surface area contributed by atoms with Crippen LogP contribution in [0.2, 0.25) is 0 Å². The van der Waals surface area contributed by atoms with Crippen LogP contribution in [0.25, 0.3) is 0 Å². The summed E-state index contributed by atoms with van der Waals surface area (Å²) in [4.78, 5) is 0. The number of nitrogens with one attached hydrogen (secondary N) is 1. The minimum atomic E-state index is 0.484. The molecule has 0 bridgehead atoms. The molecule has 0 spiro atoms. The minimum absolute atomic E-state index is 0.484. The van der Waals surface area contributed by atoms with Gasteiger partial charge in [-0.2, -0.15) is 10.5 Å². The molecule has 0 aliphatic heterocycles. The van der Waals surface area contributed by atoms with Gasteiger partial charge in [-0.3, -0.25) is 0 Å². The van der Waals surface area contributed by atoms with E-state index in [4.69, 9.17) is 15.3 Å². The van der Waals surface area contributed by atoms with Crippen molar-refractivity contribution >= 4 is 5.69 Å². The van der Waals surface area contributed by atoms with Gasteiger partial charge in [-0.1, -0.05) is 24.3 Å². The highest BCUT2D eigenvalue weighted by molar-refractivity contribution is 5.66. The molecule has 4 nitrogen and oxygen atoms in total. The average molecular weight is 277 g/mol. The number of rotatable bonds is 6. The molecular weight excluding hydrogens is 262 g/mol. The van der Waals surface area contributed by atoms with E-state index in [1.807, 2.05) is 30.3 Å². The molecule has 0 unspecified atom stereocenters. The molecule has 2 aromatic rings. The Kier molecular flexibility index (Phi) is 5.20. The van der Waals surface area contributed by atoms with Crippen LogP contribution < -0.4 is 10.1 Å². The van der Waals surface area contributed by atoms with E-state index >= 15 is 0 Å². The second-order valence-electron chi connectivity index (χ2n) is 4.39. The molecule has 0 aliphatic rings. The van der Waals surface area contributed by atoms with Gasteiger partial charge in [0.2, 0.25) is 0 Å². The van der Waals surface area contributed by atoms with Crippen LogP contribution in [0.4, 0.5) is 5.69 Å². The minimum Gasteiger partial charge on any atom is -0.494 e. The summed E-state index contributed by atoms with van der Waals surface area (Å²) >= 11 is 0. The van der Waals surface area contributed by atoms with Crippen LogP contribution in [0, 0.1) is 22.7 Å². The number of para-hydroxylation sites is 2. The maximum Gasteiger partial charge on any atom is 0.119 e. The molecule has 1 N–H and O–H groups in total. The third-order valence-electron chi connectivity index (χ3n) is 2.94. The Morgan fingerprint density at radius 1 is 0.905 bits per heavy atom. The first-order valence-corrected chi connectivity index (χ1v) is 6.70. The zero-order valence-electron chi connectivity index (χ0n) is 11.5. The molecule has 0 radical (unpaired) electrons. The first kappa shape index (κ1) is 14.4. The Hall–Kier alpha value is -2.98. The van der Waals surface area contributed by atoms with Crippen LogP contribution in [0.3, 0.4) is 0 Å². The van der Waals surface area contributed by atoms with E-state index in [1.54, 1.807) is 18.2 Å². The SMILES string of the molecule is N#Cc1cccc(C#N)c1NCCCOc1ccccc1. The first-order chi connectivity index (χ1) is 10.3. The first-order valence-electron chi connectivity index (χ1n) is 6.70. The summed E-state index contributed by atoms with van der Waals surface area (Å²) < 4.78 is 5.59. The van der Waals surface area contributed by atoms with Gasteiger partial charge in [-0.05, 0) is 30.7 Å². The summed E-state index contributed by atoms with van der Waals surface area (Å²) in [5.41, 5.74) is 1.57. The summed E-state index contributed by atoms with van der Waals surface area (Å²) in [5, 5.41) is 21.3. The van der Waals surface area contributed by atoms with Gasteiger partial charge in [-0.25, -0.2) is 0 Å². The molecule has 0 atom stereocenters. The van der Waals surface area contributed by atoms with Crippen molar-refractivity contribution in [3.05, 3.63) is 59.7 Å². The van der Waals surface area contributed by atoms with E-state index in [0.29, 0.717) is 30.0 Å². The average Bonchev–Trinajstić information content (AvgIpc) is 2.55. The van der Waals surface area contributed by atoms with E-state index in [-0.39, 0.29) is 0 Å². The lowest BCUT2D eigenvalue weighted by Gasteiger charge is -2.10. The zero-order chi connectivity index (χ0) is 14.9. The molecule has 2 rings (SSSR count). The summed E-state index contributed by atoms with van der Waals surface area (Å²) in [7, 11) is 0. The molecule has 0 aliphatic carbocycles. The topological polar surface area (TPSA) is 68.8 Å². The predicted molar refractivity (Wildman–Crippen MR) is 80.9 cm³/mol. The van der Waals surface area contributed by atoms with Gasteiger partial charge in [0, 0.05) is 6.54 Å². The van der Waals surface area contributed by atoms with Gasteiger partial charge >= 0.3 is 0 Å². The zero-order valence-corrected chi connectivity index (χ0v) is 11.5. The predicted octanol–water partition coefficient (Wildman–Crippen LogP) is 3.31. The highest BCUT2D eigenvalue weighted by atomic mass is 16.5. The Morgan fingerprint density at radius 3 is 2.19 bits per heavy atom. The van der Waals surface area contributed by atoms with Crippen LogP contribution >= 0.6 is 0 Å². The van der Waals surface area contributed by atoms with Crippen LogP contribution in [-0.4, -0.2) is 13.2 Å². The Labute approximate surface area is 124 Å². The van der Waals surface area contributed by atoms with Gasteiger partial charge in [0.15, 0.2) is 0 Å². The van der Waals surface area contributed by atoms with Gasteiger partial charge in [0.05, 0.1) is 23.4 Å². The molecule has 104 valence electrons.